The summed E-state index contributed by atoms with van der Waals surface area (Å²) in [7, 11) is 1.67. The van der Waals surface area contributed by atoms with Gasteiger partial charge in [0, 0.05) is 20.2 Å². The van der Waals surface area contributed by atoms with E-state index in [1.165, 1.54) is 0 Å². The zero-order chi connectivity index (χ0) is 13.8. The van der Waals surface area contributed by atoms with E-state index in [0.29, 0.717) is 19.4 Å². The molecule has 1 aliphatic carbocycles. The van der Waals surface area contributed by atoms with E-state index in [1.54, 1.807) is 7.11 Å². The highest BCUT2D eigenvalue weighted by atomic mass is 16.5. The van der Waals surface area contributed by atoms with Gasteiger partial charge in [-0.15, -0.1) is 0 Å². The molecule has 3 unspecified atom stereocenters. The highest BCUT2D eigenvalue weighted by Crippen LogP contribution is 2.32. The number of carboxylic acid groups (broad SMARTS) is 1. The van der Waals surface area contributed by atoms with Crippen LogP contribution in [0.4, 0.5) is 0 Å². The number of rotatable bonds is 3. The van der Waals surface area contributed by atoms with Gasteiger partial charge in [0.1, 0.15) is 0 Å². The molecule has 0 aromatic carbocycles. The second-order valence-electron chi connectivity index (χ2n) is 5.62. The van der Waals surface area contributed by atoms with Gasteiger partial charge in [0.15, 0.2) is 0 Å². The number of piperidine rings is 1. The Morgan fingerprint density at radius 1 is 1.11 bits per heavy atom. The maximum atomic E-state index is 12.5. The van der Waals surface area contributed by atoms with Crippen LogP contribution in [0.5, 0.6) is 0 Å². The number of hydrogen-bond acceptors (Lipinski definition) is 3. The Balaban J connectivity index is 2.02. The van der Waals surface area contributed by atoms with Crippen LogP contribution >= 0.6 is 0 Å². The minimum Gasteiger partial charge on any atom is -0.481 e. The molecule has 0 radical (unpaired) electrons. The molecule has 0 spiro atoms. The number of ether oxygens (including phenoxy) is 1. The third-order valence-electron chi connectivity index (χ3n) is 4.42. The fraction of sp³-hybridized carbons (Fsp3) is 0.857. The van der Waals surface area contributed by atoms with Gasteiger partial charge < -0.3 is 14.7 Å². The molecule has 108 valence electrons. The Hall–Kier alpha value is -1.10. The van der Waals surface area contributed by atoms with Gasteiger partial charge in [-0.3, -0.25) is 9.59 Å². The van der Waals surface area contributed by atoms with Crippen LogP contribution in [-0.2, 0) is 14.3 Å². The van der Waals surface area contributed by atoms with Crippen molar-refractivity contribution in [3.63, 3.8) is 0 Å². The lowest BCUT2D eigenvalue weighted by molar-refractivity contribution is -0.153. The number of hydrogen-bond donors (Lipinski definition) is 1. The van der Waals surface area contributed by atoms with Gasteiger partial charge >= 0.3 is 5.97 Å². The lowest BCUT2D eigenvalue weighted by Gasteiger charge is -2.37. The molecule has 2 fully saturated rings. The summed E-state index contributed by atoms with van der Waals surface area (Å²) in [4.78, 5) is 25.6. The monoisotopic (exact) mass is 269 g/mol. The average molecular weight is 269 g/mol. The lowest BCUT2D eigenvalue weighted by atomic mass is 9.78. The molecule has 1 heterocycles. The zero-order valence-electron chi connectivity index (χ0n) is 11.5. The molecular weight excluding hydrogens is 246 g/mol. The van der Waals surface area contributed by atoms with Crippen molar-refractivity contribution in [1.29, 1.82) is 0 Å². The van der Waals surface area contributed by atoms with Crippen LogP contribution in [-0.4, -0.2) is 48.2 Å². The summed E-state index contributed by atoms with van der Waals surface area (Å²) >= 11 is 0. The van der Waals surface area contributed by atoms with Crippen molar-refractivity contribution in [1.82, 2.24) is 4.90 Å². The topological polar surface area (TPSA) is 66.8 Å². The molecule has 1 saturated carbocycles. The summed E-state index contributed by atoms with van der Waals surface area (Å²) in [5, 5.41) is 9.26. The molecule has 1 saturated heterocycles. The van der Waals surface area contributed by atoms with Crippen molar-refractivity contribution in [3.05, 3.63) is 0 Å². The van der Waals surface area contributed by atoms with Gasteiger partial charge in [-0.1, -0.05) is 12.8 Å². The van der Waals surface area contributed by atoms with Gasteiger partial charge in [-0.2, -0.15) is 0 Å². The molecule has 1 aliphatic heterocycles. The van der Waals surface area contributed by atoms with E-state index in [9.17, 15) is 14.7 Å². The number of methoxy groups -OCH3 is 1. The first-order valence-electron chi connectivity index (χ1n) is 7.18. The van der Waals surface area contributed by atoms with Crippen molar-refractivity contribution in [2.24, 2.45) is 11.8 Å². The standard InChI is InChI=1S/C14H23NO4/c1-19-10-5-4-8-15(9-10)13(16)11-6-2-3-7-12(11)14(17)18/h10-12H,2-9H2,1H3,(H,17,18). The van der Waals surface area contributed by atoms with E-state index in [1.807, 2.05) is 4.90 Å². The van der Waals surface area contributed by atoms with Crippen LogP contribution in [0.2, 0.25) is 0 Å². The third kappa shape index (κ3) is 3.26. The number of carboxylic acids is 1. The Labute approximate surface area is 113 Å². The number of nitrogens with zero attached hydrogens (tertiary/aromatic N) is 1. The van der Waals surface area contributed by atoms with Crippen molar-refractivity contribution in [2.75, 3.05) is 20.2 Å². The molecule has 3 atom stereocenters. The fourth-order valence-corrected chi connectivity index (χ4v) is 3.29. The maximum Gasteiger partial charge on any atom is 0.307 e. The Morgan fingerprint density at radius 3 is 2.42 bits per heavy atom. The Kier molecular flexibility index (Phi) is 4.80. The van der Waals surface area contributed by atoms with E-state index in [4.69, 9.17) is 4.74 Å². The molecule has 2 aliphatic rings. The lowest BCUT2D eigenvalue weighted by Crippen LogP contribution is -2.48. The molecule has 5 nitrogen and oxygen atoms in total. The Morgan fingerprint density at radius 2 is 1.79 bits per heavy atom. The summed E-state index contributed by atoms with van der Waals surface area (Å²) < 4.78 is 5.32. The predicted molar refractivity (Wildman–Crippen MR) is 69.7 cm³/mol. The number of aliphatic carboxylic acids is 1. The van der Waals surface area contributed by atoms with Crippen LogP contribution in [0.3, 0.4) is 0 Å². The van der Waals surface area contributed by atoms with E-state index in [-0.39, 0.29) is 17.9 Å². The molecule has 0 aromatic heterocycles. The minimum absolute atomic E-state index is 0.0221. The van der Waals surface area contributed by atoms with Crippen molar-refractivity contribution < 1.29 is 19.4 Å². The molecule has 19 heavy (non-hydrogen) atoms. The van der Waals surface area contributed by atoms with Crippen LogP contribution in [0.25, 0.3) is 0 Å². The van der Waals surface area contributed by atoms with Gasteiger partial charge in [0.05, 0.1) is 17.9 Å². The SMILES string of the molecule is COC1CCCN(C(=O)C2CCCCC2C(=O)O)C1. The maximum absolute atomic E-state index is 12.5. The van der Waals surface area contributed by atoms with Gasteiger partial charge in [0.25, 0.3) is 0 Å². The summed E-state index contributed by atoms with van der Waals surface area (Å²) in [6.45, 7) is 1.35. The van der Waals surface area contributed by atoms with Gasteiger partial charge in [-0.05, 0) is 25.7 Å². The number of amides is 1. The minimum atomic E-state index is -0.821. The molecule has 0 aromatic rings. The van der Waals surface area contributed by atoms with Crippen molar-refractivity contribution >= 4 is 11.9 Å². The summed E-state index contributed by atoms with van der Waals surface area (Å²) in [6.07, 6.45) is 5.24. The highest BCUT2D eigenvalue weighted by Gasteiger charge is 2.38. The highest BCUT2D eigenvalue weighted by molar-refractivity contribution is 5.85. The van der Waals surface area contributed by atoms with E-state index in [2.05, 4.69) is 0 Å². The first-order chi connectivity index (χ1) is 9.13. The first-order valence-corrected chi connectivity index (χ1v) is 7.18. The first kappa shape index (κ1) is 14.3. The Bertz CT molecular complexity index is 344. The number of carbonyl (C=O) groups is 2. The number of likely N-dealkylation sites (tertiary alicyclic amines) is 1. The molecule has 1 amide bonds. The zero-order valence-corrected chi connectivity index (χ0v) is 11.5. The molecule has 0 bridgehead atoms. The average Bonchev–Trinajstić information content (AvgIpc) is 2.46. The molecule has 1 N–H and O–H groups in total. The fourth-order valence-electron chi connectivity index (χ4n) is 3.29. The third-order valence-corrected chi connectivity index (χ3v) is 4.42. The second kappa shape index (κ2) is 6.37. The van der Waals surface area contributed by atoms with E-state index < -0.39 is 11.9 Å². The normalized spacial score (nSPS) is 32.1. The molecular formula is C14H23NO4. The quantitative estimate of drug-likeness (QED) is 0.843. The van der Waals surface area contributed by atoms with E-state index >= 15 is 0 Å². The van der Waals surface area contributed by atoms with E-state index in [0.717, 1.165) is 32.2 Å². The molecule has 2 rings (SSSR count). The predicted octanol–water partition coefficient (Wildman–Crippen LogP) is 1.51. The second-order valence-corrected chi connectivity index (χ2v) is 5.62. The van der Waals surface area contributed by atoms with Crippen molar-refractivity contribution in [3.8, 4) is 0 Å². The molecule has 5 heteroatoms. The van der Waals surface area contributed by atoms with Crippen molar-refractivity contribution in [2.45, 2.75) is 44.6 Å². The number of carbonyl (C=O) groups excluding carboxylic acids is 1. The van der Waals surface area contributed by atoms with Gasteiger partial charge in [0.2, 0.25) is 5.91 Å². The largest absolute Gasteiger partial charge is 0.481 e. The van der Waals surface area contributed by atoms with Crippen LogP contribution in [0, 0.1) is 11.8 Å². The summed E-state index contributed by atoms with van der Waals surface area (Å²) in [6, 6.07) is 0. The smallest absolute Gasteiger partial charge is 0.307 e. The van der Waals surface area contributed by atoms with Crippen LogP contribution in [0.15, 0.2) is 0 Å². The van der Waals surface area contributed by atoms with Gasteiger partial charge in [-0.25, -0.2) is 0 Å². The van der Waals surface area contributed by atoms with Crippen LogP contribution < -0.4 is 0 Å². The van der Waals surface area contributed by atoms with Crippen LogP contribution in [0.1, 0.15) is 38.5 Å². The summed E-state index contributed by atoms with van der Waals surface area (Å²) in [5.41, 5.74) is 0. The summed E-state index contributed by atoms with van der Waals surface area (Å²) in [5.74, 6) is -1.63.